The van der Waals surface area contributed by atoms with E-state index in [1.165, 1.54) is 33.8 Å². The number of thioether (sulfide) groups is 1. The lowest BCUT2D eigenvalue weighted by Crippen LogP contribution is -2.03. The van der Waals surface area contributed by atoms with Gasteiger partial charge in [-0.15, -0.1) is 0 Å². The predicted molar refractivity (Wildman–Crippen MR) is 121 cm³/mol. The highest BCUT2D eigenvalue weighted by Crippen LogP contribution is 2.26. The number of hydrogen-bond donors (Lipinski definition) is 0. The Balaban J connectivity index is 0.000000320. The third-order valence-electron chi connectivity index (χ3n) is 4.08. The molecule has 0 aliphatic rings. The molecule has 32 heavy (non-hydrogen) atoms. The summed E-state index contributed by atoms with van der Waals surface area (Å²) in [7, 11) is 1.28. The Bertz CT molecular complexity index is 1120. The number of ketones is 2. The van der Waals surface area contributed by atoms with Crippen LogP contribution < -0.4 is 0 Å². The first-order valence-electron chi connectivity index (χ1n) is 9.31. The Morgan fingerprint density at radius 1 is 0.844 bits per heavy atom. The monoisotopic (exact) mass is 504 g/mol. The average Bonchev–Trinajstić information content (AvgIpc) is 2.60. The Kier molecular flexibility index (Phi) is 10.2. The van der Waals surface area contributed by atoms with Gasteiger partial charge in [0.05, 0.1) is 4.90 Å². The third kappa shape index (κ3) is 8.80. The van der Waals surface area contributed by atoms with Gasteiger partial charge in [-0.3, -0.25) is 14.4 Å². The largest absolute Gasteiger partial charge is 0.300 e. The standard InChI is InChI=1S/C12H13FO2S.C10H10ClFO3S/c1-7-4-11(13)10(5-8(2)14)6-12(7)16-9(3)15;1-6-3-9(12)8(4-7(2)13)5-10(6)16(11,14)15/h4,6H,5H2,1-3H3;3,5H,4H2,1-2H3. The summed E-state index contributed by atoms with van der Waals surface area (Å²) >= 11 is 1.06. The van der Waals surface area contributed by atoms with Gasteiger partial charge < -0.3 is 0 Å². The SMILES string of the molecule is CC(=O)Cc1cc(S(=O)(=O)Cl)c(C)cc1F.CC(=O)Cc1cc(SC(C)=O)c(C)cc1F. The first kappa shape index (κ1) is 27.9. The number of carbonyl (C=O) groups excluding carboxylic acids is 3. The van der Waals surface area contributed by atoms with Crippen molar-refractivity contribution in [2.75, 3.05) is 0 Å². The van der Waals surface area contributed by atoms with Gasteiger partial charge in [-0.2, -0.15) is 0 Å². The molecule has 10 heteroatoms. The molecule has 2 aromatic rings. The zero-order valence-electron chi connectivity index (χ0n) is 18.2. The van der Waals surface area contributed by atoms with E-state index in [1.807, 2.05) is 0 Å². The van der Waals surface area contributed by atoms with E-state index in [0.717, 1.165) is 23.9 Å². The summed E-state index contributed by atoms with van der Waals surface area (Å²) in [5.41, 5.74) is 1.32. The quantitative estimate of drug-likeness (QED) is 0.402. The molecule has 0 amide bonds. The minimum Gasteiger partial charge on any atom is -0.300 e. The van der Waals surface area contributed by atoms with Gasteiger partial charge in [-0.25, -0.2) is 17.2 Å². The summed E-state index contributed by atoms with van der Waals surface area (Å²) in [6, 6.07) is 5.11. The zero-order chi connectivity index (χ0) is 24.8. The Labute approximate surface area is 195 Å². The van der Waals surface area contributed by atoms with Crippen LogP contribution in [0.4, 0.5) is 8.78 Å². The van der Waals surface area contributed by atoms with E-state index in [1.54, 1.807) is 13.0 Å². The second-order valence-corrected chi connectivity index (χ2v) is 11.0. The highest BCUT2D eigenvalue weighted by Gasteiger charge is 2.17. The molecule has 0 saturated carbocycles. The molecule has 0 N–H and O–H groups in total. The maximum atomic E-state index is 13.5. The van der Waals surface area contributed by atoms with Crippen molar-refractivity contribution in [1.29, 1.82) is 0 Å². The van der Waals surface area contributed by atoms with E-state index in [9.17, 15) is 31.6 Å². The van der Waals surface area contributed by atoms with Gasteiger partial charge in [0.1, 0.15) is 23.2 Å². The Hall–Kier alpha value is -2.10. The van der Waals surface area contributed by atoms with Crippen LogP contribution in [0.3, 0.4) is 0 Å². The molecule has 0 atom stereocenters. The van der Waals surface area contributed by atoms with E-state index in [0.29, 0.717) is 16.0 Å². The summed E-state index contributed by atoms with van der Waals surface area (Å²) in [6.07, 6.45) is -0.0803. The van der Waals surface area contributed by atoms with Crippen molar-refractivity contribution in [3.8, 4) is 0 Å². The summed E-state index contributed by atoms with van der Waals surface area (Å²) in [4.78, 5) is 33.3. The molecular formula is C22H23ClF2O5S2. The predicted octanol–water partition coefficient (Wildman–Crippen LogP) is 5.10. The normalized spacial score (nSPS) is 10.9. The zero-order valence-corrected chi connectivity index (χ0v) is 20.6. The second kappa shape index (κ2) is 11.7. The van der Waals surface area contributed by atoms with Crippen molar-refractivity contribution in [1.82, 2.24) is 0 Å². The molecule has 2 rings (SSSR count). The van der Waals surface area contributed by atoms with E-state index >= 15 is 0 Å². The third-order valence-corrected chi connectivity index (χ3v) is 6.49. The highest BCUT2D eigenvalue weighted by molar-refractivity contribution is 8.14. The van der Waals surface area contributed by atoms with Gasteiger partial charge in [0, 0.05) is 35.3 Å². The molecule has 174 valence electrons. The van der Waals surface area contributed by atoms with Crippen LogP contribution in [0.1, 0.15) is 43.0 Å². The van der Waals surface area contributed by atoms with Crippen molar-refractivity contribution in [3.63, 3.8) is 0 Å². The lowest BCUT2D eigenvalue weighted by Gasteiger charge is -2.07. The van der Waals surface area contributed by atoms with Crippen LogP contribution in [-0.2, 0) is 36.3 Å². The van der Waals surface area contributed by atoms with E-state index in [2.05, 4.69) is 0 Å². The molecule has 0 radical (unpaired) electrons. The fourth-order valence-corrected chi connectivity index (χ4v) is 4.68. The highest BCUT2D eigenvalue weighted by atomic mass is 35.7. The molecule has 0 heterocycles. The van der Waals surface area contributed by atoms with E-state index in [-0.39, 0.29) is 51.4 Å². The van der Waals surface area contributed by atoms with Crippen LogP contribution in [0.2, 0.25) is 0 Å². The van der Waals surface area contributed by atoms with Crippen molar-refractivity contribution in [3.05, 3.63) is 58.2 Å². The Morgan fingerprint density at radius 2 is 1.28 bits per heavy atom. The molecular weight excluding hydrogens is 482 g/mol. The fourth-order valence-electron chi connectivity index (χ4n) is 2.72. The van der Waals surface area contributed by atoms with Crippen LogP contribution >= 0.6 is 22.4 Å². The summed E-state index contributed by atoms with van der Waals surface area (Å²) in [5, 5.41) is -0.0523. The molecule has 2 aromatic carbocycles. The van der Waals surface area contributed by atoms with Crippen molar-refractivity contribution in [2.45, 2.75) is 57.3 Å². The molecule has 0 bridgehead atoms. The van der Waals surface area contributed by atoms with Crippen LogP contribution in [0.15, 0.2) is 34.1 Å². The number of halogens is 3. The van der Waals surface area contributed by atoms with Gasteiger partial charge in [0.15, 0.2) is 5.12 Å². The van der Waals surface area contributed by atoms with Gasteiger partial charge in [0.2, 0.25) is 0 Å². The lowest BCUT2D eigenvalue weighted by atomic mass is 10.1. The van der Waals surface area contributed by atoms with Crippen LogP contribution in [0.25, 0.3) is 0 Å². The topological polar surface area (TPSA) is 85.3 Å². The summed E-state index contributed by atoms with van der Waals surface area (Å²) < 4.78 is 49.2. The van der Waals surface area contributed by atoms with Gasteiger partial charge in [-0.1, -0.05) is 11.8 Å². The second-order valence-electron chi connectivity index (χ2n) is 7.21. The van der Waals surface area contributed by atoms with E-state index in [4.69, 9.17) is 10.7 Å². The first-order chi connectivity index (χ1) is 14.6. The van der Waals surface area contributed by atoms with Gasteiger partial charge >= 0.3 is 0 Å². The minimum absolute atomic E-state index is 0.0392. The molecule has 0 unspecified atom stereocenters. The molecule has 0 fully saturated rings. The van der Waals surface area contributed by atoms with Gasteiger partial charge in [-0.05, 0) is 74.2 Å². The maximum absolute atomic E-state index is 13.5. The fraction of sp³-hybridized carbons (Fsp3) is 0.318. The average molecular weight is 505 g/mol. The number of benzene rings is 2. The maximum Gasteiger partial charge on any atom is 0.261 e. The number of Topliss-reactive ketones (excluding diaryl/α,β-unsaturated/α-hetero) is 2. The van der Waals surface area contributed by atoms with Crippen molar-refractivity contribution < 1.29 is 31.6 Å². The number of carbonyl (C=O) groups is 3. The summed E-state index contributed by atoms with van der Waals surface area (Å²) in [6.45, 7) is 7.35. The van der Waals surface area contributed by atoms with Crippen molar-refractivity contribution >= 4 is 48.2 Å². The van der Waals surface area contributed by atoms with Crippen LogP contribution in [-0.4, -0.2) is 25.1 Å². The first-order valence-corrected chi connectivity index (χ1v) is 12.4. The number of aryl methyl sites for hydroxylation is 2. The molecule has 0 saturated heterocycles. The Morgan fingerprint density at radius 3 is 1.69 bits per heavy atom. The van der Waals surface area contributed by atoms with Crippen LogP contribution in [0, 0.1) is 25.5 Å². The molecule has 0 aliphatic carbocycles. The molecule has 0 aromatic heterocycles. The molecule has 0 spiro atoms. The van der Waals surface area contributed by atoms with E-state index < -0.39 is 14.9 Å². The van der Waals surface area contributed by atoms with Crippen LogP contribution in [0.5, 0.6) is 0 Å². The lowest BCUT2D eigenvalue weighted by molar-refractivity contribution is -0.117. The number of hydrogen-bond acceptors (Lipinski definition) is 6. The smallest absolute Gasteiger partial charge is 0.261 e. The summed E-state index contributed by atoms with van der Waals surface area (Å²) in [5.74, 6) is -1.33. The molecule has 0 aliphatic heterocycles. The minimum atomic E-state index is -3.91. The number of rotatable bonds is 6. The molecule has 5 nitrogen and oxygen atoms in total. The van der Waals surface area contributed by atoms with Gasteiger partial charge in [0.25, 0.3) is 9.05 Å². The van der Waals surface area contributed by atoms with Crippen molar-refractivity contribution in [2.24, 2.45) is 0 Å².